The predicted octanol–water partition coefficient (Wildman–Crippen LogP) is 3.52. The molecule has 3 heteroatoms. The van der Waals surface area contributed by atoms with Crippen molar-refractivity contribution in [1.29, 1.82) is 0 Å². The fraction of sp³-hybridized carbons (Fsp3) is 1.00. The molecular weight excluding hydrogens is 218 g/mol. The highest BCUT2D eigenvalue weighted by Crippen LogP contribution is 2.06. The van der Waals surface area contributed by atoms with E-state index in [4.69, 9.17) is 4.74 Å². The Morgan fingerprint density at radius 2 is 1.75 bits per heavy atom. The van der Waals surface area contributed by atoms with E-state index in [1.807, 2.05) is 11.8 Å². The molecule has 0 bridgehead atoms. The molecule has 0 rings (SSSR count). The Hall–Kier alpha value is 0.270. The van der Waals surface area contributed by atoms with E-state index in [2.05, 4.69) is 25.4 Å². The Bertz CT molecular complexity index is 131. The third-order valence-electron chi connectivity index (χ3n) is 2.46. The molecule has 0 atom stereocenters. The lowest BCUT2D eigenvalue weighted by molar-refractivity contribution is 0.125. The number of hydrogen-bond donors (Lipinski definition) is 1. The number of hydrogen-bond acceptors (Lipinski definition) is 3. The van der Waals surface area contributed by atoms with Gasteiger partial charge in [0.1, 0.15) is 0 Å². The molecular formula is C13H29NOS. The van der Waals surface area contributed by atoms with Crippen molar-refractivity contribution in [1.82, 2.24) is 5.32 Å². The van der Waals surface area contributed by atoms with Crippen molar-refractivity contribution in [2.75, 3.05) is 31.9 Å². The molecule has 0 aliphatic rings. The van der Waals surface area contributed by atoms with Crippen LogP contribution >= 0.6 is 11.8 Å². The molecule has 0 heterocycles. The second kappa shape index (κ2) is 13.3. The summed E-state index contributed by atoms with van der Waals surface area (Å²) in [5.41, 5.74) is 0. The molecule has 0 saturated carbocycles. The van der Waals surface area contributed by atoms with E-state index < -0.39 is 0 Å². The Balaban J connectivity index is 2.88. The largest absolute Gasteiger partial charge is 0.381 e. The van der Waals surface area contributed by atoms with Crippen LogP contribution in [0.4, 0.5) is 0 Å². The van der Waals surface area contributed by atoms with Crippen LogP contribution in [0, 0.1) is 5.92 Å². The Morgan fingerprint density at radius 3 is 2.38 bits per heavy atom. The molecule has 0 unspecified atom stereocenters. The zero-order valence-electron chi connectivity index (χ0n) is 11.3. The molecule has 0 aliphatic carbocycles. The summed E-state index contributed by atoms with van der Waals surface area (Å²) >= 11 is 1.84. The number of rotatable bonds is 12. The van der Waals surface area contributed by atoms with Gasteiger partial charge in [-0.25, -0.2) is 0 Å². The lowest BCUT2D eigenvalue weighted by Gasteiger charge is -2.06. The summed E-state index contributed by atoms with van der Waals surface area (Å²) in [5, 5.41) is 3.37. The van der Waals surface area contributed by atoms with Crippen LogP contribution in [0.25, 0.3) is 0 Å². The minimum Gasteiger partial charge on any atom is -0.381 e. The van der Waals surface area contributed by atoms with Crippen LogP contribution in [-0.4, -0.2) is 31.9 Å². The first kappa shape index (κ1) is 16.3. The van der Waals surface area contributed by atoms with Gasteiger partial charge in [-0.05, 0) is 38.0 Å². The summed E-state index contributed by atoms with van der Waals surface area (Å²) < 4.78 is 5.59. The van der Waals surface area contributed by atoms with Gasteiger partial charge in [0.2, 0.25) is 0 Å². The Kier molecular flexibility index (Phi) is 13.6. The van der Waals surface area contributed by atoms with Gasteiger partial charge in [0.15, 0.2) is 0 Å². The van der Waals surface area contributed by atoms with Gasteiger partial charge in [0.05, 0.1) is 0 Å². The van der Waals surface area contributed by atoms with Gasteiger partial charge in [-0.2, -0.15) is 0 Å². The van der Waals surface area contributed by atoms with Gasteiger partial charge >= 0.3 is 0 Å². The monoisotopic (exact) mass is 247 g/mol. The Labute approximate surface area is 106 Å². The van der Waals surface area contributed by atoms with E-state index in [9.17, 15) is 0 Å². The van der Waals surface area contributed by atoms with Crippen molar-refractivity contribution in [3.05, 3.63) is 0 Å². The normalized spacial score (nSPS) is 11.2. The van der Waals surface area contributed by atoms with Crippen molar-refractivity contribution in [3.8, 4) is 0 Å². The zero-order chi connectivity index (χ0) is 12.1. The predicted molar refractivity (Wildman–Crippen MR) is 75.1 cm³/mol. The van der Waals surface area contributed by atoms with Crippen molar-refractivity contribution in [2.24, 2.45) is 5.92 Å². The lowest BCUT2D eigenvalue weighted by atomic mass is 10.1. The highest BCUT2D eigenvalue weighted by atomic mass is 32.2. The first-order chi connectivity index (χ1) is 7.77. The highest BCUT2D eigenvalue weighted by Gasteiger charge is 1.94. The number of ether oxygens (including phenoxy) is 1. The molecule has 0 amide bonds. The van der Waals surface area contributed by atoms with E-state index in [-0.39, 0.29) is 0 Å². The second-order valence-corrected chi connectivity index (χ2v) is 5.51. The maximum Gasteiger partial charge on any atom is 0.0466 e. The van der Waals surface area contributed by atoms with Crippen LogP contribution < -0.4 is 5.32 Å². The first-order valence-electron chi connectivity index (χ1n) is 6.54. The SMILES string of the molecule is CSCNCCCCOCCCCC(C)C. The molecule has 0 spiro atoms. The molecule has 0 aromatic carbocycles. The van der Waals surface area contributed by atoms with Crippen LogP contribution in [0.1, 0.15) is 46.0 Å². The standard InChI is InChI=1S/C13H29NOS/c1-13(2)8-4-6-10-15-11-7-5-9-14-12-16-3/h13-14H,4-12H2,1-3H3. The van der Waals surface area contributed by atoms with E-state index >= 15 is 0 Å². The van der Waals surface area contributed by atoms with Crippen LogP contribution in [0.2, 0.25) is 0 Å². The van der Waals surface area contributed by atoms with E-state index in [1.54, 1.807) is 0 Å². The molecule has 98 valence electrons. The number of nitrogens with one attached hydrogen (secondary N) is 1. The molecule has 0 aromatic heterocycles. The zero-order valence-corrected chi connectivity index (χ0v) is 12.1. The molecule has 0 saturated heterocycles. The average molecular weight is 247 g/mol. The summed E-state index contributed by atoms with van der Waals surface area (Å²) in [7, 11) is 0. The van der Waals surface area contributed by atoms with Gasteiger partial charge in [-0.1, -0.05) is 26.7 Å². The first-order valence-corrected chi connectivity index (χ1v) is 7.94. The topological polar surface area (TPSA) is 21.3 Å². The summed E-state index contributed by atoms with van der Waals surface area (Å²) in [4.78, 5) is 0. The fourth-order valence-electron chi connectivity index (χ4n) is 1.49. The summed E-state index contributed by atoms with van der Waals surface area (Å²) in [6.07, 6.45) is 8.41. The molecule has 1 N–H and O–H groups in total. The molecule has 0 radical (unpaired) electrons. The van der Waals surface area contributed by atoms with E-state index in [1.165, 1.54) is 32.1 Å². The molecule has 2 nitrogen and oxygen atoms in total. The summed E-state index contributed by atoms with van der Waals surface area (Å²) in [6, 6.07) is 0. The highest BCUT2D eigenvalue weighted by molar-refractivity contribution is 7.98. The number of thioether (sulfide) groups is 1. The minimum atomic E-state index is 0.836. The van der Waals surface area contributed by atoms with Crippen molar-refractivity contribution >= 4 is 11.8 Å². The van der Waals surface area contributed by atoms with Crippen molar-refractivity contribution < 1.29 is 4.74 Å². The van der Waals surface area contributed by atoms with Crippen molar-refractivity contribution in [2.45, 2.75) is 46.0 Å². The summed E-state index contributed by atoms with van der Waals surface area (Å²) in [5.74, 6) is 1.90. The summed E-state index contributed by atoms with van der Waals surface area (Å²) in [6.45, 7) is 7.57. The van der Waals surface area contributed by atoms with Crippen molar-refractivity contribution in [3.63, 3.8) is 0 Å². The quantitative estimate of drug-likeness (QED) is 0.421. The van der Waals surface area contributed by atoms with Gasteiger partial charge < -0.3 is 10.1 Å². The maximum absolute atomic E-state index is 5.59. The number of unbranched alkanes of at least 4 members (excludes halogenated alkanes) is 2. The average Bonchev–Trinajstić information content (AvgIpc) is 2.25. The van der Waals surface area contributed by atoms with Crippen LogP contribution in [0.15, 0.2) is 0 Å². The van der Waals surface area contributed by atoms with Gasteiger partial charge in [-0.3, -0.25) is 0 Å². The molecule has 0 aromatic rings. The van der Waals surface area contributed by atoms with E-state index in [0.29, 0.717) is 0 Å². The minimum absolute atomic E-state index is 0.836. The smallest absolute Gasteiger partial charge is 0.0466 e. The third kappa shape index (κ3) is 14.3. The molecule has 16 heavy (non-hydrogen) atoms. The third-order valence-corrected chi connectivity index (χ3v) is 2.95. The van der Waals surface area contributed by atoms with E-state index in [0.717, 1.165) is 31.6 Å². The van der Waals surface area contributed by atoms with Crippen LogP contribution in [0.3, 0.4) is 0 Å². The van der Waals surface area contributed by atoms with Gasteiger partial charge in [0.25, 0.3) is 0 Å². The fourth-order valence-corrected chi connectivity index (χ4v) is 1.84. The molecule has 0 aliphatic heterocycles. The van der Waals surface area contributed by atoms with Crippen LogP contribution in [0.5, 0.6) is 0 Å². The maximum atomic E-state index is 5.59. The van der Waals surface area contributed by atoms with Gasteiger partial charge in [0, 0.05) is 19.1 Å². The molecule has 0 fully saturated rings. The lowest BCUT2D eigenvalue weighted by Crippen LogP contribution is -2.14. The van der Waals surface area contributed by atoms with Gasteiger partial charge in [-0.15, -0.1) is 11.8 Å². The van der Waals surface area contributed by atoms with Crippen LogP contribution in [-0.2, 0) is 4.74 Å². The second-order valence-electron chi connectivity index (χ2n) is 4.64. The Morgan fingerprint density at radius 1 is 1.06 bits per heavy atom.